The van der Waals surface area contributed by atoms with Gasteiger partial charge in [0.25, 0.3) is 0 Å². The maximum absolute atomic E-state index is 9.73. The number of benzene rings is 1. The fourth-order valence-electron chi connectivity index (χ4n) is 1.41. The predicted octanol–water partition coefficient (Wildman–Crippen LogP) is 2.48. The molecule has 2 nitrogen and oxygen atoms in total. The van der Waals surface area contributed by atoms with Gasteiger partial charge in [-0.1, -0.05) is 24.3 Å². The van der Waals surface area contributed by atoms with Crippen LogP contribution < -0.4 is 0 Å². The molecular formula is C12H13NO. The molecule has 1 atom stereocenters. The first-order valence-electron chi connectivity index (χ1n) is 4.49. The molecular weight excluding hydrogens is 174 g/mol. The number of hydrogen-bond donors (Lipinski definition) is 1. The van der Waals surface area contributed by atoms with Crippen LogP contribution in [0.1, 0.15) is 29.2 Å². The van der Waals surface area contributed by atoms with Gasteiger partial charge in [0.05, 0.1) is 17.7 Å². The number of rotatable bonds is 3. The van der Waals surface area contributed by atoms with Crippen molar-refractivity contribution in [3.63, 3.8) is 0 Å². The lowest BCUT2D eigenvalue weighted by Crippen LogP contribution is -2.00. The third-order valence-corrected chi connectivity index (χ3v) is 2.17. The Labute approximate surface area is 84.1 Å². The van der Waals surface area contributed by atoms with Crippen LogP contribution in [0.25, 0.3) is 0 Å². The van der Waals surface area contributed by atoms with Crippen molar-refractivity contribution in [3.05, 3.63) is 47.5 Å². The summed E-state index contributed by atoms with van der Waals surface area (Å²) in [5.74, 6) is 0. The zero-order valence-corrected chi connectivity index (χ0v) is 8.20. The summed E-state index contributed by atoms with van der Waals surface area (Å²) in [5, 5.41) is 18.7. The number of nitrogens with zero attached hydrogens (tertiary/aromatic N) is 1. The lowest BCUT2D eigenvalue weighted by Gasteiger charge is -2.11. The molecule has 0 bridgehead atoms. The Morgan fingerprint density at radius 2 is 2.36 bits per heavy atom. The fraction of sp³-hybridized carbons (Fsp3) is 0.250. The van der Waals surface area contributed by atoms with Crippen molar-refractivity contribution < 1.29 is 5.11 Å². The van der Waals surface area contributed by atoms with Gasteiger partial charge in [-0.3, -0.25) is 0 Å². The van der Waals surface area contributed by atoms with E-state index in [0.29, 0.717) is 17.5 Å². The van der Waals surface area contributed by atoms with Gasteiger partial charge in [-0.15, -0.1) is 6.58 Å². The van der Waals surface area contributed by atoms with E-state index in [1.807, 2.05) is 19.1 Å². The zero-order valence-electron chi connectivity index (χ0n) is 8.20. The van der Waals surface area contributed by atoms with Crippen LogP contribution in [0.2, 0.25) is 0 Å². The molecule has 1 unspecified atom stereocenters. The molecule has 0 spiro atoms. The van der Waals surface area contributed by atoms with Crippen molar-refractivity contribution >= 4 is 0 Å². The van der Waals surface area contributed by atoms with Crippen molar-refractivity contribution in [2.75, 3.05) is 0 Å². The average Bonchev–Trinajstić information content (AvgIpc) is 2.17. The smallest absolute Gasteiger partial charge is 0.0998 e. The number of aliphatic hydroxyl groups is 1. The van der Waals surface area contributed by atoms with E-state index in [4.69, 9.17) is 5.26 Å². The van der Waals surface area contributed by atoms with Crippen LogP contribution >= 0.6 is 0 Å². The molecule has 0 radical (unpaired) electrons. The number of nitriles is 1. The summed E-state index contributed by atoms with van der Waals surface area (Å²) < 4.78 is 0. The molecule has 0 amide bonds. The highest BCUT2D eigenvalue weighted by Crippen LogP contribution is 2.22. The van der Waals surface area contributed by atoms with E-state index in [2.05, 4.69) is 12.6 Å². The van der Waals surface area contributed by atoms with Crippen LogP contribution in [0.4, 0.5) is 0 Å². The van der Waals surface area contributed by atoms with Crippen molar-refractivity contribution in [2.45, 2.75) is 19.4 Å². The summed E-state index contributed by atoms with van der Waals surface area (Å²) in [7, 11) is 0. The normalized spacial score (nSPS) is 11.8. The third kappa shape index (κ3) is 2.01. The van der Waals surface area contributed by atoms with Gasteiger partial charge in [0, 0.05) is 0 Å². The zero-order chi connectivity index (χ0) is 10.6. The Bertz CT molecular complexity index is 376. The van der Waals surface area contributed by atoms with E-state index in [1.54, 1.807) is 12.1 Å². The fourth-order valence-corrected chi connectivity index (χ4v) is 1.41. The van der Waals surface area contributed by atoms with E-state index in [1.165, 1.54) is 0 Å². The highest BCUT2D eigenvalue weighted by molar-refractivity contribution is 5.44. The van der Waals surface area contributed by atoms with E-state index in [9.17, 15) is 5.11 Å². The first-order valence-corrected chi connectivity index (χ1v) is 4.49. The Hall–Kier alpha value is -1.59. The molecule has 2 heteroatoms. The summed E-state index contributed by atoms with van der Waals surface area (Å²) in [5.41, 5.74) is 2.15. The minimum absolute atomic E-state index is 0.470. The lowest BCUT2D eigenvalue weighted by molar-refractivity contribution is 0.181. The van der Waals surface area contributed by atoms with Gasteiger partial charge in [0.1, 0.15) is 0 Å². The summed E-state index contributed by atoms with van der Waals surface area (Å²) >= 11 is 0. The standard InChI is InChI=1S/C12H13NO/c1-3-5-12(14)10-7-4-6-9(2)11(10)8-13/h3-4,6-7,12,14H,1,5H2,2H3. The third-order valence-electron chi connectivity index (χ3n) is 2.17. The molecule has 1 aromatic rings. The maximum atomic E-state index is 9.73. The van der Waals surface area contributed by atoms with Crippen LogP contribution in [-0.2, 0) is 0 Å². The topological polar surface area (TPSA) is 44.0 Å². The number of hydrogen-bond acceptors (Lipinski definition) is 2. The number of aryl methyl sites for hydroxylation is 1. The Morgan fingerprint density at radius 3 is 2.93 bits per heavy atom. The molecule has 72 valence electrons. The van der Waals surface area contributed by atoms with Crippen molar-refractivity contribution in [2.24, 2.45) is 0 Å². The second kappa shape index (κ2) is 4.59. The summed E-state index contributed by atoms with van der Waals surface area (Å²) in [6, 6.07) is 7.60. The van der Waals surface area contributed by atoms with Gasteiger partial charge in [-0.25, -0.2) is 0 Å². The minimum atomic E-state index is -0.623. The molecule has 14 heavy (non-hydrogen) atoms. The van der Waals surface area contributed by atoms with Gasteiger partial charge in [0.15, 0.2) is 0 Å². The van der Waals surface area contributed by atoms with Gasteiger partial charge in [-0.2, -0.15) is 5.26 Å². The largest absolute Gasteiger partial charge is 0.388 e. The molecule has 0 fully saturated rings. The molecule has 0 aliphatic heterocycles. The molecule has 1 aromatic carbocycles. The van der Waals surface area contributed by atoms with Crippen LogP contribution in [0.3, 0.4) is 0 Å². The quantitative estimate of drug-likeness (QED) is 0.739. The van der Waals surface area contributed by atoms with Crippen LogP contribution in [0, 0.1) is 18.3 Å². The monoisotopic (exact) mass is 187 g/mol. The molecule has 0 saturated heterocycles. The van der Waals surface area contributed by atoms with Crippen LogP contribution in [-0.4, -0.2) is 5.11 Å². The Kier molecular flexibility index (Phi) is 3.44. The highest BCUT2D eigenvalue weighted by Gasteiger charge is 2.11. The average molecular weight is 187 g/mol. The molecule has 0 aliphatic carbocycles. The Morgan fingerprint density at radius 1 is 1.64 bits per heavy atom. The van der Waals surface area contributed by atoms with Gasteiger partial charge >= 0.3 is 0 Å². The summed E-state index contributed by atoms with van der Waals surface area (Å²) in [6.45, 7) is 5.42. The lowest BCUT2D eigenvalue weighted by atomic mass is 9.97. The highest BCUT2D eigenvalue weighted by atomic mass is 16.3. The molecule has 0 heterocycles. The predicted molar refractivity (Wildman–Crippen MR) is 55.7 cm³/mol. The second-order valence-corrected chi connectivity index (χ2v) is 3.19. The van der Waals surface area contributed by atoms with Crippen molar-refractivity contribution in [1.82, 2.24) is 0 Å². The first-order chi connectivity index (χ1) is 6.70. The molecule has 0 saturated carbocycles. The van der Waals surface area contributed by atoms with E-state index >= 15 is 0 Å². The first kappa shape index (κ1) is 10.5. The van der Waals surface area contributed by atoms with Gasteiger partial charge < -0.3 is 5.11 Å². The van der Waals surface area contributed by atoms with Crippen molar-refractivity contribution in [1.29, 1.82) is 5.26 Å². The van der Waals surface area contributed by atoms with Crippen LogP contribution in [0.5, 0.6) is 0 Å². The van der Waals surface area contributed by atoms with Crippen molar-refractivity contribution in [3.8, 4) is 6.07 Å². The molecule has 0 aromatic heterocycles. The Balaban J connectivity index is 3.14. The van der Waals surface area contributed by atoms with E-state index in [-0.39, 0.29) is 0 Å². The second-order valence-electron chi connectivity index (χ2n) is 3.19. The van der Waals surface area contributed by atoms with Gasteiger partial charge in [0.2, 0.25) is 0 Å². The molecule has 1 rings (SSSR count). The minimum Gasteiger partial charge on any atom is -0.388 e. The van der Waals surface area contributed by atoms with E-state index in [0.717, 1.165) is 5.56 Å². The van der Waals surface area contributed by atoms with E-state index < -0.39 is 6.10 Å². The van der Waals surface area contributed by atoms with Crippen LogP contribution in [0.15, 0.2) is 30.9 Å². The molecule has 1 N–H and O–H groups in total. The molecule has 0 aliphatic rings. The number of aliphatic hydroxyl groups excluding tert-OH is 1. The summed E-state index contributed by atoms with van der Waals surface area (Å²) in [4.78, 5) is 0. The maximum Gasteiger partial charge on any atom is 0.0998 e. The summed E-state index contributed by atoms with van der Waals surface area (Å²) in [6.07, 6.45) is 1.49. The SMILES string of the molecule is C=CCC(O)c1cccc(C)c1C#N. The van der Waals surface area contributed by atoms with Gasteiger partial charge in [-0.05, 0) is 24.5 Å².